The average molecular weight is 276 g/mol. The zero-order valence-corrected chi connectivity index (χ0v) is 12.0. The third-order valence-corrected chi connectivity index (χ3v) is 3.53. The molecule has 0 fully saturated rings. The van der Waals surface area contributed by atoms with Gasteiger partial charge in [0.15, 0.2) is 0 Å². The van der Waals surface area contributed by atoms with Crippen molar-refractivity contribution < 1.29 is 14.3 Å². The number of carbonyl (C=O) groups excluding carboxylic acids is 2. The summed E-state index contributed by atoms with van der Waals surface area (Å²) in [6.45, 7) is 3.92. The third-order valence-electron chi connectivity index (χ3n) is 3.53. The van der Waals surface area contributed by atoms with Crippen LogP contribution in [0.2, 0.25) is 0 Å². The second-order valence-corrected chi connectivity index (χ2v) is 5.51. The Labute approximate surface area is 118 Å². The predicted octanol–water partition coefficient (Wildman–Crippen LogP) is 0.769. The summed E-state index contributed by atoms with van der Waals surface area (Å²) >= 11 is 0. The number of esters is 1. The van der Waals surface area contributed by atoms with Crippen molar-refractivity contribution in [2.24, 2.45) is 0 Å². The molecule has 20 heavy (non-hydrogen) atoms. The van der Waals surface area contributed by atoms with E-state index in [9.17, 15) is 9.59 Å². The van der Waals surface area contributed by atoms with Gasteiger partial charge in [0.1, 0.15) is 5.54 Å². The van der Waals surface area contributed by atoms with Gasteiger partial charge < -0.3 is 15.4 Å². The number of rotatable bonds is 3. The molecular weight excluding hydrogens is 256 g/mol. The monoisotopic (exact) mass is 276 g/mol. The van der Waals surface area contributed by atoms with E-state index in [1.807, 2.05) is 18.2 Å². The first-order valence-corrected chi connectivity index (χ1v) is 6.64. The number of methoxy groups -OCH3 is 1. The van der Waals surface area contributed by atoms with Crippen LogP contribution in [0.3, 0.4) is 0 Å². The summed E-state index contributed by atoms with van der Waals surface area (Å²) in [5.74, 6) is -0.642. The topological polar surface area (TPSA) is 67.4 Å². The molecule has 0 aromatic heterocycles. The second-order valence-electron chi connectivity index (χ2n) is 5.51. The highest BCUT2D eigenvalue weighted by atomic mass is 16.5. The summed E-state index contributed by atoms with van der Waals surface area (Å²) in [5, 5.41) is 5.92. The van der Waals surface area contributed by atoms with E-state index in [0.29, 0.717) is 13.0 Å². The number of benzene rings is 1. The standard InChI is InChI=1S/C15H20N2O3/c1-15(2,14(19)20-3)17-13(18)12-8-10-6-4-5-7-11(10)9-16-12/h4-7,12,16H,8-9H2,1-3H3,(H,17,18)/t12-/m0/s1. The quantitative estimate of drug-likeness (QED) is 0.800. The SMILES string of the molecule is COC(=O)C(C)(C)NC(=O)[C@@H]1Cc2ccccc2CN1. The average Bonchev–Trinajstić information content (AvgIpc) is 2.45. The molecule has 1 heterocycles. The molecule has 2 N–H and O–H groups in total. The van der Waals surface area contributed by atoms with Crippen molar-refractivity contribution in [3.05, 3.63) is 35.4 Å². The van der Waals surface area contributed by atoms with Crippen LogP contribution in [0, 0.1) is 0 Å². The molecule has 5 heteroatoms. The lowest BCUT2D eigenvalue weighted by Gasteiger charge is -2.29. The number of nitrogens with one attached hydrogen (secondary N) is 2. The van der Waals surface area contributed by atoms with Crippen LogP contribution < -0.4 is 10.6 Å². The van der Waals surface area contributed by atoms with Gasteiger partial charge in [-0.1, -0.05) is 24.3 Å². The van der Waals surface area contributed by atoms with Gasteiger partial charge in [-0.25, -0.2) is 4.79 Å². The smallest absolute Gasteiger partial charge is 0.330 e. The fraction of sp³-hybridized carbons (Fsp3) is 0.467. The minimum atomic E-state index is -1.02. The van der Waals surface area contributed by atoms with Gasteiger partial charge in [-0.15, -0.1) is 0 Å². The normalized spacial score (nSPS) is 18.1. The van der Waals surface area contributed by atoms with Gasteiger partial charge in [0.05, 0.1) is 13.2 Å². The van der Waals surface area contributed by atoms with Crippen LogP contribution in [0.25, 0.3) is 0 Å². The molecule has 0 saturated carbocycles. The van der Waals surface area contributed by atoms with E-state index in [0.717, 1.165) is 0 Å². The molecule has 0 saturated heterocycles. The Morgan fingerprint density at radius 1 is 1.30 bits per heavy atom. The predicted molar refractivity (Wildman–Crippen MR) is 75.0 cm³/mol. The number of amides is 1. The molecule has 0 radical (unpaired) electrons. The summed E-state index contributed by atoms with van der Waals surface area (Å²) in [5.41, 5.74) is 1.36. The first-order valence-electron chi connectivity index (χ1n) is 6.64. The summed E-state index contributed by atoms with van der Waals surface area (Å²) in [6.07, 6.45) is 0.624. The minimum Gasteiger partial charge on any atom is -0.467 e. The highest BCUT2D eigenvalue weighted by Gasteiger charge is 2.34. The van der Waals surface area contributed by atoms with Gasteiger partial charge >= 0.3 is 5.97 Å². The summed E-state index contributed by atoms with van der Waals surface area (Å²) in [6, 6.07) is 7.71. The Balaban J connectivity index is 2.04. The first-order chi connectivity index (χ1) is 9.44. The van der Waals surface area contributed by atoms with Crippen LogP contribution >= 0.6 is 0 Å². The molecule has 1 atom stereocenters. The van der Waals surface area contributed by atoms with Crippen LogP contribution in [0.15, 0.2) is 24.3 Å². The van der Waals surface area contributed by atoms with Crippen LogP contribution in [0.5, 0.6) is 0 Å². The van der Waals surface area contributed by atoms with E-state index in [1.165, 1.54) is 18.2 Å². The number of hydrogen-bond donors (Lipinski definition) is 2. The Morgan fingerprint density at radius 3 is 2.60 bits per heavy atom. The molecule has 5 nitrogen and oxygen atoms in total. The van der Waals surface area contributed by atoms with Crippen LogP contribution in [0.4, 0.5) is 0 Å². The molecular formula is C15H20N2O3. The lowest BCUT2D eigenvalue weighted by atomic mass is 9.94. The molecule has 108 valence electrons. The van der Waals surface area contributed by atoms with Crippen molar-refractivity contribution in [1.29, 1.82) is 0 Å². The van der Waals surface area contributed by atoms with Crippen molar-refractivity contribution >= 4 is 11.9 Å². The van der Waals surface area contributed by atoms with Crippen molar-refractivity contribution in [1.82, 2.24) is 10.6 Å². The summed E-state index contributed by atoms with van der Waals surface area (Å²) < 4.78 is 4.69. The molecule has 0 aliphatic carbocycles. The Hall–Kier alpha value is -1.88. The molecule has 1 aromatic rings. The highest BCUT2D eigenvalue weighted by molar-refractivity contribution is 5.90. The van der Waals surface area contributed by atoms with Gasteiger partial charge in [-0.2, -0.15) is 0 Å². The maximum absolute atomic E-state index is 12.3. The van der Waals surface area contributed by atoms with E-state index >= 15 is 0 Å². The maximum atomic E-state index is 12.3. The molecule has 1 aromatic carbocycles. The van der Waals surface area contributed by atoms with Crippen molar-refractivity contribution in [3.63, 3.8) is 0 Å². The number of hydrogen-bond acceptors (Lipinski definition) is 4. The lowest BCUT2D eigenvalue weighted by molar-refractivity contribution is -0.149. The summed E-state index contributed by atoms with van der Waals surface area (Å²) in [7, 11) is 1.31. The first kappa shape index (κ1) is 14.5. The Morgan fingerprint density at radius 2 is 1.95 bits per heavy atom. The van der Waals surface area contributed by atoms with Crippen molar-refractivity contribution in [2.45, 2.75) is 38.4 Å². The minimum absolute atomic E-state index is 0.185. The molecule has 1 amide bonds. The fourth-order valence-corrected chi connectivity index (χ4v) is 2.34. The second kappa shape index (κ2) is 5.63. The van der Waals surface area contributed by atoms with Gasteiger partial charge in [0.2, 0.25) is 5.91 Å². The lowest BCUT2D eigenvalue weighted by Crippen LogP contribution is -2.57. The van der Waals surface area contributed by atoms with E-state index in [4.69, 9.17) is 0 Å². The number of ether oxygens (including phenoxy) is 1. The van der Waals surface area contributed by atoms with Crippen molar-refractivity contribution in [2.75, 3.05) is 7.11 Å². The molecule has 1 aliphatic heterocycles. The van der Waals surface area contributed by atoms with Crippen LogP contribution in [-0.4, -0.2) is 30.6 Å². The van der Waals surface area contributed by atoms with Gasteiger partial charge in [0.25, 0.3) is 0 Å². The Bertz CT molecular complexity index is 526. The maximum Gasteiger partial charge on any atom is 0.330 e. The van der Waals surface area contributed by atoms with Gasteiger partial charge in [-0.05, 0) is 31.4 Å². The largest absolute Gasteiger partial charge is 0.467 e. The fourth-order valence-electron chi connectivity index (χ4n) is 2.34. The van der Waals surface area contributed by atoms with Gasteiger partial charge in [-0.3, -0.25) is 4.79 Å². The zero-order chi connectivity index (χ0) is 14.8. The van der Waals surface area contributed by atoms with Crippen molar-refractivity contribution in [3.8, 4) is 0 Å². The zero-order valence-electron chi connectivity index (χ0n) is 12.0. The molecule has 0 unspecified atom stereocenters. The van der Waals surface area contributed by atoms with E-state index in [1.54, 1.807) is 13.8 Å². The number of carbonyl (C=O) groups is 2. The van der Waals surface area contributed by atoms with Crippen LogP contribution in [-0.2, 0) is 27.3 Å². The highest BCUT2D eigenvalue weighted by Crippen LogP contribution is 2.17. The van der Waals surface area contributed by atoms with E-state index < -0.39 is 11.5 Å². The number of fused-ring (bicyclic) bond motifs is 1. The van der Waals surface area contributed by atoms with Crippen LogP contribution in [0.1, 0.15) is 25.0 Å². The van der Waals surface area contributed by atoms with E-state index in [-0.39, 0.29) is 11.9 Å². The molecule has 1 aliphatic rings. The Kier molecular flexibility index (Phi) is 4.09. The van der Waals surface area contributed by atoms with E-state index in [2.05, 4.69) is 21.4 Å². The molecule has 0 bridgehead atoms. The molecule has 2 rings (SSSR count). The van der Waals surface area contributed by atoms with Gasteiger partial charge in [0, 0.05) is 6.54 Å². The summed E-state index contributed by atoms with van der Waals surface area (Å²) in [4.78, 5) is 23.9. The molecule has 0 spiro atoms. The third kappa shape index (κ3) is 2.99.